The molecule has 0 saturated heterocycles. The zero-order valence-electron chi connectivity index (χ0n) is 38.2. The lowest BCUT2D eigenvalue weighted by Crippen LogP contribution is -2.25. The van der Waals surface area contributed by atoms with E-state index in [9.17, 15) is 0 Å². The summed E-state index contributed by atoms with van der Waals surface area (Å²) in [6, 6.07) is 66.3. The van der Waals surface area contributed by atoms with Gasteiger partial charge in [0.15, 0.2) is 0 Å². The van der Waals surface area contributed by atoms with Crippen molar-refractivity contribution in [2.45, 2.75) is 45.4 Å². The number of ether oxygens (including phenoxy) is 1. The molecule has 0 N–H and O–H groups in total. The van der Waals surface area contributed by atoms with E-state index in [0.717, 1.165) is 45.1 Å². The SMILES string of the molecule is CC(C)(C)c1ccnc(-n2c3ccccc3c3ccc(Oc4cc(N5CN(c6c(-c7ccccc7)ccc7c6-c6ccccc6C7(C)C)c6ccccc65)c5c(c4)sc4ccccc45)cc32)c1. The summed E-state index contributed by atoms with van der Waals surface area (Å²) in [6.07, 6.45) is 1.93. The van der Waals surface area contributed by atoms with Crippen LogP contribution in [0, 0.1) is 0 Å². The number of nitrogens with zero attached hydrogens (tertiary/aromatic N) is 4. The fourth-order valence-corrected chi connectivity index (χ4v) is 12.2. The van der Waals surface area contributed by atoms with Crippen molar-refractivity contribution in [3.8, 4) is 39.6 Å². The Hall–Kier alpha value is -7.67. The lowest BCUT2D eigenvalue weighted by atomic mass is 9.82. The summed E-state index contributed by atoms with van der Waals surface area (Å²) in [5.74, 6) is 2.46. The molecule has 4 heterocycles. The summed E-state index contributed by atoms with van der Waals surface area (Å²) in [4.78, 5) is 10.0. The van der Waals surface area contributed by atoms with Crippen LogP contribution in [-0.4, -0.2) is 16.2 Å². The van der Waals surface area contributed by atoms with Crippen LogP contribution in [0.3, 0.4) is 0 Å². The number of hydrogen-bond donors (Lipinski definition) is 0. The second kappa shape index (κ2) is 14.7. The van der Waals surface area contributed by atoms with Crippen molar-refractivity contribution in [1.29, 1.82) is 0 Å². The number of anilines is 4. The second-order valence-corrected chi connectivity index (χ2v) is 20.7. The molecule has 8 aromatic carbocycles. The average molecular weight is 885 g/mol. The molecule has 1 aliphatic carbocycles. The Morgan fingerprint density at radius 1 is 0.552 bits per heavy atom. The van der Waals surface area contributed by atoms with E-state index in [1.165, 1.54) is 75.9 Å². The topological polar surface area (TPSA) is 33.5 Å². The number of pyridine rings is 1. The molecule has 0 spiro atoms. The van der Waals surface area contributed by atoms with Crippen LogP contribution < -0.4 is 14.5 Å². The summed E-state index contributed by atoms with van der Waals surface area (Å²) in [6.45, 7) is 12.1. The third-order valence-corrected chi connectivity index (χ3v) is 15.4. The summed E-state index contributed by atoms with van der Waals surface area (Å²) in [7, 11) is 0. The maximum atomic E-state index is 7.09. The van der Waals surface area contributed by atoms with E-state index < -0.39 is 0 Å². The number of fused-ring (bicyclic) bond motifs is 10. The van der Waals surface area contributed by atoms with Crippen LogP contribution in [-0.2, 0) is 10.8 Å². The van der Waals surface area contributed by atoms with E-state index >= 15 is 0 Å². The lowest BCUT2D eigenvalue weighted by Gasteiger charge is -2.29. The Balaban J connectivity index is 0.984. The van der Waals surface area contributed by atoms with Gasteiger partial charge < -0.3 is 14.5 Å². The van der Waals surface area contributed by atoms with Gasteiger partial charge in [-0.3, -0.25) is 4.57 Å². The lowest BCUT2D eigenvalue weighted by molar-refractivity contribution is 0.484. The summed E-state index contributed by atoms with van der Waals surface area (Å²) in [5, 5.41) is 4.83. The zero-order chi connectivity index (χ0) is 45.2. The largest absolute Gasteiger partial charge is 0.457 e. The number of thiophene rings is 1. The minimum absolute atomic E-state index is 0.0196. The van der Waals surface area contributed by atoms with E-state index in [4.69, 9.17) is 9.72 Å². The van der Waals surface area contributed by atoms with Crippen LogP contribution in [0.25, 0.3) is 70.0 Å². The Morgan fingerprint density at radius 3 is 2.10 bits per heavy atom. The van der Waals surface area contributed by atoms with E-state index in [0.29, 0.717) is 6.67 Å². The Labute approximate surface area is 394 Å². The highest BCUT2D eigenvalue weighted by Crippen LogP contribution is 2.58. The fraction of sp³-hybridized carbons (Fsp3) is 0.131. The van der Waals surface area contributed by atoms with Gasteiger partial charge in [-0.2, -0.15) is 0 Å². The first kappa shape index (κ1) is 39.7. The molecule has 0 saturated carbocycles. The molecule has 11 aromatic rings. The van der Waals surface area contributed by atoms with Gasteiger partial charge in [0.2, 0.25) is 0 Å². The molecule has 0 radical (unpaired) electrons. The molecule has 324 valence electrons. The van der Waals surface area contributed by atoms with Crippen LogP contribution in [0.5, 0.6) is 11.5 Å². The highest BCUT2D eigenvalue weighted by molar-refractivity contribution is 7.26. The molecule has 0 unspecified atom stereocenters. The summed E-state index contributed by atoms with van der Waals surface area (Å²) < 4.78 is 11.8. The van der Waals surface area contributed by atoms with Crippen LogP contribution in [0.2, 0.25) is 0 Å². The number of rotatable bonds is 6. The highest BCUT2D eigenvalue weighted by atomic mass is 32.1. The molecular formula is C61H48N4OS. The molecule has 0 atom stereocenters. The van der Waals surface area contributed by atoms with Crippen molar-refractivity contribution in [1.82, 2.24) is 9.55 Å². The van der Waals surface area contributed by atoms with Crippen molar-refractivity contribution >= 4 is 76.1 Å². The average Bonchev–Trinajstić information content (AvgIpc) is 4.08. The van der Waals surface area contributed by atoms with E-state index in [1.54, 1.807) is 0 Å². The zero-order valence-corrected chi connectivity index (χ0v) is 39.0. The summed E-state index contributed by atoms with van der Waals surface area (Å²) >= 11 is 1.82. The fourth-order valence-electron chi connectivity index (χ4n) is 11.0. The monoisotopic (exact) mass is 884 g/mol. The molecule has 0 amide bonds. The Bertz CT molecular complexity index is 3800. The third kappa shape index (κ3) is 6.09. The standard InChI is InChI=1S/C61H48N4OS/c1-60(2,3)39-31-32-62-56(33-39)65-49-23-13-10-19-43(49)44-28-27-40(34-52(44)65)66-41-35-53(58-46-21-11-16-26-54(46)67-55(58)36-41)63-37-64(51-25-15-14-24-50(51)63)59-42(38-17-7-6-8-18-38)29-30-48-57(59)45-20-9-12-22-47(45)61(48,4)5/h6-36H,37H2,1-5H3. The van der Waals surface area contributed by atoms with Gasteiger partial charge in [-0.05, 0) is 87.8 Å². The van der Waals surface area contributed by atoms with Gasteiger partial charge in [0.05, 0.1) is 33.8 Å². The van der Waals surface area contributed by atoms with Gasteiger partial charge in [0.25, 0.3) is 0 Å². The van der Waals surface area contributed by atoms with Gasteiger partial charge in [0, 0.05) is 65.8 Å². The normalized spacial score (nSPS) is 14.0. The van der Waals surface area contributed by atoms with Gasteiger partial charge >= 0.3 is 0 Å². The predicted molar refractivity (Wildman–Crippen MR) is 282 cm³/mol. The number of aromatic nitrogens is 2. The van der Waals surface area contributed by atoms with Crippen molar-refractivity contribution in [2.24, 2.45) is 0 Å². The van der Waals surface area contributed by atoms with E-state index in [-0.39, 0.29) is 10.8 Å². The first-order valence-electron chi connectivity index (χ1n) is 23.2. The van der Waals surface area contributed by atoms with Crippen LogP contribution in [0.4, 0.5) is 22.7 Å². The van der Waals surface area contributed by atoms with Crippen molar-refractivity contribution in [3.05, 3.63) is 205 Å². The number of benzene rings is 8. The van der Waals surface area contributed by atoms with Gasteiger partial charge in [0.1, 0.15) is 24.0 Å². The summed E-state index contributed by atoms with van der Waals surface area (Å²) in [5.41, 5.74) is 15.7. The maximum Gasteiger partial charge on any atom is 0.137 e. The third-order valence-electron chi connectivity index (χ3n) is 14.3. The van der Waals surface area contributed by atoms with Crippen molar-refractivity contribution in [3.63, 3.8) is 0 Å². The molecule has 0 bridgehead atoms. The first-order chi connectivity index (χ1) is 32.6. The molecule has 2 aliphatic rings. The quantitative estimate of drug-likeness (QED) is 0.167. The predicted octanol–water partition coefficient (Wildman–Crippen LogP) is 16.9. The van der Waals surface area contributed by atoms with E-state index in [1.807, 2.05) is 17.5 Å². The molecule has 3 aromatic heterocycles. The van der Waals surface area contributed by atoms with Crippen molar-refractivity contribution < 1.29 is 4.74 Å². The first-order valence-corrected chi connectivity index (χ1v) is 24.0. The molecule has 0 fully saturated rings. The van der Waals surface area contributed by atoms with Gasteiger partial charge in [-0.1, -0.05) is 150 Å². The van der Waals surface area contributed by atoms with Crippen LogP contribution >= 0.6 is 11.3 Å². The number of para-hydroxylation sites is 3. The molecule has 1 aliphatic heterocycles. The molecule has 6 heteroatoms. The van der Waals surface area contributed by atoms with Gasteiger partial charge in [-0.25, -0.2) is 4.98 Å². The minimum atomic E-state index is -0.146. The number of hydrogen-bond acceptors (Lipinski definition) is 5. The molecular weight excluding hydrogens is 837 g/mol. The molecule has 13 rings (SSSR count). The van der Waals surface area contributed by atoms with Gasteiger partial charge in [-0.15, -0.1) is 11.3 Å². The van der Waals surface area contributed by atoms with Crippen LogP contribution in [0.15, 0.2) is 188 Å². The second-order valence-electron chi connectivity index (χ2n) is 19.6. The van der Waals surface area contributed by atoms with E-state index in [2.05, 4.69) is 231 Å². The Morgan fingerprint density at radius 2 is 1.27 bits per heavy atom. The molecule has 5 nitrogen and oxygen atoms in total. The smallest absolute Gasteiger partial charge is 0.137 e. The van der Waals surface area contributed by atoms with Crippen molar-refractivity contribution in [2.75, 3.05) is 16.5 Å². The Kier molecular flexibility index (Phi) is 8.69. The molecule has 67 heavy (non-hydrogen) atoms. The highest BCUT2D eigenvalue weighted by Gasteiger charge is 2.41. The maximum absolute atomic E-state index is 7.09. The van der Waals surface area contributed by atoms with Crippen LogP contribution in [0.1, 0.15) is 51.3 Å². The minimum Gasteiger partial charge on any atom is -0.457 e.